The molecule has 1 aliphatic rings. The van der Waals surface area contributed by atoms with E-state index >= 15 is 0 Å². The molecule has 1 fully saturated rings. The van der Waals surface area contributed by atoms with Crippen LogP contribution in [-0.2, 0) is 11.2 Å². The molecule has 5 nitrogen and oxygen atoms in total. The highest BCUT2D eigenvalue weighted by Gasteiger charge is 2.20. The van der Waals surface area contributed by atoms with E-state index in [4.69, 9.17) is 0 Å². The van der Waals surface area contributed by atoms with Crippen molar-refractivity contribution in [3.05, 3.63) is 52.2 Å². The van der Waals surface area contributed by atoms with Crippen molar-refractivity contribution < 1.29 is 9.59 Å². The molecule has 0 saturated carbocycles. The van der Waals surface area contributed by atoms with Crippen LogP contribution in [0.15, 0.2) is 41.8 Å². The second-order valence-electron chi connectivity index (χ2n) is 7.01. The lowest BCUT2D eigenvalue weighted by Gasteiger charge is -2.32. The molecule has 3 rings (SSSR count). The number of likely N-dealkylation sites (N-methyl/N-ethyl adjacent to an activating group) is 1. The average Bonchev–Trinajstić information content (AvgIpc) is 3.19. The summed E-state index contributed by atoms with van der Waals surface area (Å²) < 4.78 is 0. The largest absolute Gasteiger partial charge is 0.336 e. The number of nitrogens with zero attached hydrogens (tertiary/aromatic N) is 2. The van der Waals surface area contributed by atoms with E-state index < -0.39 is 0 Å². The lowest BCUT2D eigenvalue weighted by molar-refractivity contribution is -0.116. The Morgan fingerprint density at radius 1 is 1.04 bits per heavy atom. The van der Waals surface area contributed by atoms with Crippen LogP contribution in [0.3, 0.4) is 0 Å². The maximum absolute atomic E-state index is 12.5. The summed E-state index contributed by atoms with van der Waals surface area (Å²) >= 11 is 1.76. The molecule has 144 valence electrons. The van der Waals surface area contributed by atoms with Crippen LogP contribution in [-0.4, -0.2) is 54.8 Å². The number of anilines is 1. The number of hydrogen-bond acceptors (Lipinski definition) is 4. The van der Waals surface area contributed by atoms with Gasteiger partial charge in [0.1, 0.15) is 0 Å². The summed E-state index contributed by atoms with van der Waals surface area (Å²) in [5.74, 6) is 0.0916. The Labute approximate surface area is 165 Å². The predicted octanol–water partition coefficient (Wildman–Crippen LogP) is 3.49. The number of piperazine rings is 1. The fourth-order valence-corrected chi connectivity index (χ4v) is 3.90. The average molecular weight is 386 g/mol. The highest BCUT2D eigenvalue weighted by Crippen LogP contribution is 2.15. The van der Waals surface area contributed by atoms with E-state index in [1.807, 2.05) is 17.0 Å². The summed E-state index contributed by atoms with van der Waals surface area (Å²) in [5, 5.41) is 5.00. The van der Waals surface area contributed by atoms with E-state index in [9.17, 15) is 9.59 Å². The quantitative estimate of drug-likeness (QED) is 0.743. The second-order valence-corrected chi connectivity index (χ2v) is 8.04. The summed E-state index contributed by atoms with van der Waals surface area (Å²) in [6, 6.07) is 11.4. The topological polar surface area (TPSA) is 52.6 Å². The molecule has 0 spiro atoms. The van der Waals surface area contributed by atoms with Gasteiger partial charge in [-0.05, 0) is 62.0 Å². The Kier molecular flexibility index (Phi) is 7.01. The van der Waals surface area contributed by atoms with Crippen molar-refractivity contribution in [1.29, 1.82) is 0 Å². The smallest absolute Gasteiger partial charge is 0.253 e. The van der Waals surface area contributed by atoms with Gasteiger partial charge in [-0.1, -0.05) is 6.07 Å². The third-order valence-electron chi connectivity index (χ3n) is 4.86. The molecule has 1 aliphatic heterocycles. The molecule has 1 aromatic carbocycles. The number of aryl methyl sites for hydroxylation is 1. The van der Waals surface area contributed by atoms with Crippen LogP contribution >= 0.6 is 11.3 Å². The molecule has 0 radical (unpaired) electrons. The number of carbonyl (C=O) groups excluding carboxylic acids is 2. The van der Waals surface area contributed by atoms with Crippen LogP contribution in [0.4, 0.5) is 5.69 Å². The zero-order valence-electron chi connectivity index (χ0n) is 15.8. The summed E-state index contributed by atoms with van der Waals surface area (Å²) in [4.78, 5) is 30.1. The van der Waals surface area contributed by atoms with Gasteiger partial charge in [0.05, 0.1) is 0 Å². The highest BCUT2D eigenvalue weighted by atomic mass is 32.1. The molecule has 1 saturated heterocycles. The van der Waals surface area contributed by atoms with Crippen molar-refractivity contribution >= 4 is 28.8 Å². The molecule has 1 aromatic heterocycles. The maximum Gasteiger partial charge on any atom is 0.253 e. The lowest BCUT2D eigenvalue weighted by Crippen LogP contribution is -2.47. The minimum Gasteiger partial charge on any atom is -0.336 e. The van der Waals surface area contributed by atoms with Crippen LogP contribution in [0.1, 0.15) is 34.5 Å². The molecular weight excluding hydrogens is 358 g/mol. The minimum atomic E-state index is 0.0272. The van der Waals surface area contributed by atoms with Gasteiger partial charge in [-0.2, -0.15) is 0 Å². The first-order chi connectivity index (χ1) is 13.1. The summed E-state index contributed by atoms with van der Waals surface area (Å²) in [5.41, 5.74) is 1.42. The van der Waals surface area contributed by atoms with E-state index in [1.54, 1.807) is 23.5 Å². The summed E-state index contributed by atoms with van der Waals surface area (Å²) in [6.07, 6.45) is 3.46. The Morgan fingerprint density at radius 3 is 2.44 bits per heavy atom. The van der Waals surface area contributed by atoms with E-state index in [2.05, 4.69) is 34.8 Å². The van der Waals surface area contributed by atoms with Crippen molar-refractivity contribution in [2.45, 2.75) is 25.7 Å². The first kappa shape index (κ1) is 19.6. The minimum absolute atomic E-state index is 0.0272. The Balaban J connectivity index is 1.41. The van der Waals surface area contributed by atoms with Crippen LogP contribution < -0.4 is 5.32 Å². The van der Waals surface area contributed by atoms with Gasteiger partial charge in [0.15, 0.2) is 0 Å². The molecular formula is C21H27N3O2S. The van der Waals surface area contributed by atoms with Crippen molar-refractivity contribution in [2.24, 2.45) is 0 Å². The number of nitrogens with one attached hydrogen (secondary N) is 1. The number of benzene rings is 1. The molecule has 0 aliphatic carbocycles. The SMILES string of the molecule is CN1CCN(C(=O)c2ccc(NC(=O)CCCCc3cccs3)cc2)CC1. The fraction of sp³-hybridized carbons (Fsp3) is 0.429. The zero-order valence-corrected chi connectivity index (χ0v) is 16.6. The van der Waals surface area contributed by atoms with E-state index in [1.165, 1.54) is 4.88 Å². The third-order valence-corrected chi connectivity index (χ3v) is 5.80. The van der Waals surface area contributed by atoms with Gasteiger partial charge in [-0.25, -0.2) is 0 Å². The molecule has 0 unspecified atom stereocenters. The molecule has 2 amide bonds. The number of rotatable bonds is 7. The Morgan fingerprint density at radius 2 is 1.78 bits per heavy atom. The normalized spacial score (nSPS) is 14.9. The van der Waals surface area contributed by atoms with Crippen molar-refractivity contribution in [3.8, 4) is 0 Å². The molecule has 1 N–H and O–H groups in total. The van der Waals surface area contributed by atoms with Crippen LogP contribution in [0, 0.1) is 0 Å². The molecule has 0 atom stereocenters. The lowest BCUT2D eigenvalue weighted by atomic mass is 10.1. The van der Waals surface area contributed by atoms with Crippen molar-refractivity contribution in [3.63, 3.8) is 0 Å². The zero-order chi connectivity index (χ0) is 19.1. The first-order valence-electron chi connectivity index (χ1n) is 9.52. The van der Waals surface area contributed by atoms with Crippen molar-refractivity contribution in [1.82, 2.24) is 9.80 Å². The van der Waals surface area contributed by atoms with Gasteiger partial charge in [0, 0.05) is 48.7 Å². The van der Waals surface area contributed by atoms with Crippen molar-refractivity contribution in [2.75, 3.05) is 38.5 Å². The van der Waals surface area contributed by atoms with Gasteiger partial charge in [-0.3, -0.25) is 9.59 Å². The molecule has 27 heavy (non-hydrogen) atoms. The summed E-state index contributed by atoms with van der Waals surface area (Å²) in [7, 11) is 2.07. The van der Waals surface area contributed by atoms with Gasteiger partial charge < -0.3 is 15.1 Å². The first-order valence-corrected chi connectivity index (χ1v) is 10.4. The number of thiophene rings is 1. The molecule has 6 heteroatoms. The predicted molar refractivity (Wildman–Crippen MR) is 110 cm³/mol. The number of amides is 2. The third kappa shape index (κ3) is 5.91. The maximum atomic E-state index is 12.5. The molecule has 2 heterocycles. The van der Waals surface area contributed by atoms with Crippen LogP contribution in [0.5, 0.6) is 0 Å². The van der Waals surface area contributed by atoms with Crippen LogP contribution in [0.25, 0.3) is 0 Å². The van der Waals surface area contributed by atoms with Crippen LogP contribution in [0.2, 0.25) is 0 Å². The number of unbranched alkanes of at least 4 members (excludes halogenated alkanes) is 1. The van der Waals surface area contributed by atoms with E-state index in [-0.39, 0.29) is 11.8 Å². The Hall–Kier alpha value is -2.18. The monoisotopic (exact) mass is 385 g/mol. The van der Waals surface area contributed by atoms with Gasteiger partial charge in [-0.15, -0.1) is 11.3 Å². The second kappa shape index (κ2) is 9.67. The Bertz CT molecular complexity index is 735. The van der Waals surface area contributed by atoms with E-state index in [0.717, 1.165) is 51.1 Å². The van der Waals surface area contributed by atoms with Gasteiger partial charge in [0.2, 0.25) is 5.91 Å². The summed E-state index contributed by atoms with van der Waals surface area (Å²) in [6.45, 7) is 3.34. The van der Waals surface area contributed by atoms with Gasteiger partial charge >= 0.3 is 0 Å². The highest BCUT2D eigenvalue weighted by molar-refractivity contribution is 7.09. The number of hydrogen-bond donors (Lipinski definition) is 1. The molecule has 2 aromatic rings. The van der Waals surface area contributed by atoms with Gasteiger partial charge in [0.25, 0.3) is 5.91 Å². The van der Waals surface area contributed by atoms with E-state index in [0.29, 0.717) is 12.0 Å². The number of carbonyl (C=O) groups is 2. The fourth-order valence-electron chi connectivity index (χ4n) is 3.15. The molecule has 0 bridgehead atoms. The standard InChI is InChI=1S/C21H27N3O2S/c1-23-12-14-24(15-13-23)21(26)17-8-10-18(11-9-17)22-20(25)7-3-2-5-19-6-4-16-27-19/h4,6,8-11,16H,2-3,5,7,12-15H2,1H3,(H,22,25).